The van der Waals surface area contributed by atoms with Gasteiger partial charge in [-0.2, -0.15) is 0 Å². The van der Waals surface area contributed by atoms with Crippen molar-refractivity contribution in [1.29, 1.82) is 0 Å². The third-order valence-electron chi connectivity index (χ3n) is 4.78. The molecule has 0 amide bonds. The van der Waals surface area contributed by atoms with E-state index in [0.29, 0.717) is 0 Å². The molecule has 1 aliphatic carbocycles. The number of rotatable bonds is 3. The van der Waals surface area contributed by atoms with Gasteiger partial charge in [-0.25, -0.2) is 0 Å². The molecule has 0 unspecified atom stereocenters. The van der Waals surface area contributed by atoms with Gasteiger partial charge in [0.05, 0.1) is 20.3 Å². The molecule has 0 aromatic heterocycles. The van der Waals surface area contributed by atoms with E-state index in [2.05, 4.69) is 23.5 Å². The van der Waals surface area contributed by atoms with Crippen molar-refractivity contribution in [3.63, 3.8) is 0 Å². The first-order chi connectivity index (χ1) is 9.72. The Hall–Kier alpha value is -1.10. The Morgan fingerprint density at radius 1 is 1.10 bits per heavy atom. The highest BCUT2D eigenvalue weighted by molar-refractivity contribution is 5.34. The fraction of sp³-hybridized carbons (Fsp3) is 0.625. The van der Waals surface area contributed by atoms with Crippen LogP contribution in [0.1, 0.15) is 31.2 Å². The van der Waals surface area contributed by atoms with Crippen molar-refractivity contribution in [2.75, 3.05) is 27.4 Å². The minimum Gasteiger partial charge on any atom is -0.497 e. The quantitative estimate of drug-likeness (QED) is 0.921. The molecule has 0 atom stereocenters. The van der Waals surface area contributed by atoms with E-state index in [9.17, 15) is 0 Å². The standard InChI is InChI=1S/C16H23NO3/c1-17-15(13-4-3-5-14(12-13)18-2)6-8-16(9-7-15)19-10-11-20-16/h3-5,12,17H,6-11H2,1-2H3. The first kappa shape index (κ1) is 13.9. The van der Waals surface area contributed by atoms with E-state index in [4.69, 9.17) is 14.2 Å². The molecule has 1 aromatic rings. The Bertz CT molecular complexity index is 459. The fourth-order valence-electron chi connectivity index (χ4n) is 3.45. The van der Waals surface area contributed by atoms with Crippen molar-refractivity contribution in [1.82, 2.24) is 5.32 Å². The number of nitrogens with one attached hydrogen (secondary N) is 1. The van der Waals surface area contributed by atoms with Crippen LogP contribution in [0.2, 0.25) is 0 Å². The molecule has 4 nitrogen and oxygen atoms in total. The van der Waals surface area contributed by atoms with Gasteiger partial charge in [0.2, 0.25) is 0 Å². The topological polar surface area (TPSA) is 39.7 Å². The molecule has 1 saturated heterocycles. The highest BCUT2D eigenvalue weighted by atomic mass is 16.7. The second-order valence-electron chi connectivity index (χ2n) is 5.67. The van der Waals surface area contributed by atoms with Crippen LogP contribution in [-0.2, 0) is 15.0 Å². The fourth-order valence-corrected chi connectivity index (χ4v) is 3.45. The van der Waals surface area contributed by atoms with Crippen LogP contribution in [0.25, 0.3) is 0 Å². The first-order valence-corrected chi connectivity index (χ1v) is 7.33. The molecule has 1 spiro atoms. The summed E-state index contributed by atoms with van der Waals surface area (Å²) in [7, 11) is 3.75. The van der Waals surface area contributed by atoms with Crippen LogP contribution in [-0.4, -0.2) is 33.2 Å². The molecule has 0 bridgehead atoms. The maximum Gasteiger partial charge on any atom is 0.168 e. The summed E-state index contributed by atoms with van der Waals surface area (Å²) in [5.74, 6) is 0.588. The van der Waals surface area contributed by atoms with E-state index >= 15 is 0 Å². The number of hydrogen-bond donors (Lipinski definition) is 1. The molecular formula is C16H23NO3. The smallest absolute Gasteiger partial charge is 0.168 e. The summed E-state index contributed by atoms with van der Waals surface area (Å²) in [6, 6.07) is 8.35. The van der Waals surface area contributed by atoms with Crippen LogP contribution in [0.5, 0.6) is 5.75 Å². The molecule has 1 aromatic carbocycles. The lowest BCUT2D eigenvalue weighted by Gasteiger charge is -2.44. The highest BCUT2D eigenvalue weighted by Crippen LogP contribution is 2.45. The predicted octanol–water partition coefficient (Wildman–Crippen LogP) is 2.43. The lowest BCUT2D eigenvalue weighted by Crippen LogP contribution is -2.48. The van der Waals surface area contributed by atoms with Gasteiger partial charge in [0.1, 0.15) is 5.75 Å². The molecule has 2 fully saturated rings. The minimum absolute atomic E-state index is 0.00486. The number of ether oxygens (including phenoxy) is 3. The van der Waals surface area contributed by atoms with Crippen LogP contribution < -0.4 is 10.1 Å². The molecular weight excluding hydrogens is 254 g/mol. The second kappa shape index (κ2) is 5.35. The maximum atomic E-state index is 5.83. The number of benzene rings is 1. The largest absolute Gasteiger partial charge is 0.497 e. The van der Waals surface area contributed by atoms with Crippen molar-refractivity contribution >= 4 is 0 Å². The van der Waals surface area contributed by atoms with Crippen molar-refractivity contribution in [2.45, 2.75) is 37.0 Å². The highest BCUT2D eigenvalue weighted by Gasteiger charge is 2.46. The van der Waals surface area contributed by atoms with E-state index in [1.807, 2.05) is 13.1 Å². The van der Waals surface area contributed by atoms with E-state index in [0.717, 1.165) is 44.6 Å². The normalized spacial score (nSPS) is 23.9. The van der Waals surface area contributed by atoms with Crippen LogP contribution in [0.3, 0.4) is 0 Å². The molecule has 3 rings (SSSR count). The lowest BCUT2D eigenvalue weighted by molar-refractivity contribution is -0.186. The monoisotopic (exact) mass is 277 g/mol. The minimum atomic E-state index is -0.320. The van der Waals surface area contributed by atoms with E-state index in [1.165, 1.54) is 5.56 Å². The third-order valence-corrected chi connectivity index (χ3v) is 4.78. The molecule has 2 aliphatic rings. The Kier molecular flexibility index (Phi) is 3.71. The number of hydrogen-bond acceptors (Lipinski definition) is 4. The third kappa shape index (κ3) is 2.32. The van der Waals surface area contributed by atoms with Gasteiger partial charge in [-0.1, -0.05) is 12.1 Å². The van der Waals surface area contributed by atoms with Gasteiger partial charge in [-0.3, -0.25) is 0 Å². The lowest BCUT2D eigenvalue weighted by atomic mass is 9.74. The van der Waals surface area contributed by atoms with E-state index < -0.39 is 0 Å². The van der Waals surface area contributed by atoms with Crippen molar-refractivity contribution in [2.24, 2.45) is 0 Å². The zero-order valence-electron chi connectivity index (χ0n) is 12.3. The van der Waals surface area contributed by atoms with Gasteiger partial charge < -0.3 is 19.5 Å². The van der Waals surface area contributed by atoms with Gasteiger partial charge in [0.15, 0.2) is 5.79 Å². The molecule has 1 N–H and O–H groups in total. The van der Waals surface area contributed by atoms with Crippen LogP contribution in [0, 0.1) is 0 Å². The molecule has 1 heterocycles. The van der Waals surface area contributed by atoms with Gasteiger partial charge in [-0.05, 0) is 37.6 Å². The molecule has 4 heteroatoms. The summed E-state index contributed by atoms with van der Waals surface area (Å²) in [4.78, 5) is 0. The average molecular weight is 277 g/mol. The molecule has 1 saturated carbocycles. The summed E-state index contributed by atoms with van der Waals surface area (Å²) < 4.78 is 17.0. The summed E-state index contributed by atoms with van der Waals surface area (Å²) in [6.07, 6.45) is 3.89. The number of methoxy groups -OCH3 is 1. The Balaban J connectivity index is 1.82. The van der Waals surface area contributed by atoms with Crippen molar-refractivity contribution < 1.29 is 14.2 Å². The first-order valence-electron chi connectivity index (χ1n) is 7.33. The Labute approximate surface area is 120 Å². The predicted molar refractivity (Wildman–Crippen MR) is 76.8 cm³/mol. The maximum absolute atomic E-state index is 5.83. The Morgan fingerprint density at radius 2 is 1.80 bits per heavy atom. The Morgan fingerprint density at radius 3 is 2.40 bits per heavy atom. The molecule has 1 aliphatic heterocycles. The average Bonchev–Trinajstić information content (AvgIpc) is 2.97. The van der Waals surface area contributed by atoms with Gasteiger partial charge in [0.25, 0.3) is 0 Å². The molecule has 20 heavy (non-hydrogen) atoms. The van der Waals surface area contributed by atoms with Gasteiger partial charge in [0, 0.05) is 18.4 Å². The second-order valence-corrected chi connectivity index (χ2v) is 5.67. The van der Waals surface area contributed by atoms with Crippen LogP contribution >= 0.6 is 0 Å². The van der Waals surface area contributed by atoms with Gasteiger partial charge >= 0.3 is 0 Å². The zero-order chi connectivity index (χ0) is 14.1. The van der Waals surface area contributed by atoms with E-state index in [-0.39, 0.29) is 11.3 Å². The molecule has 110 valence electrons. The van der Waals surface area contributed by atoms with E-state index in [1.54, 1.807) is 7.11 Å². The van der Waals surface area contributed by atoms with Crippen LogP contribution in [0.15, 0.2) is 24.3 Å². The van der Waals surface area contributed by atoms with Crippen molar-refractivity contribution in [3.8, 4) is 5.75 Å². The molecule has 0 radical (unpaired) electrons. The summed E-state index contributed by atoms with van der Waals surface area (Å²) in [6.45, 7) is 1.46. The van der Waals surface area contributed by atoms with Crippen LogP contribution in [0.4, 0.5) is 0 Å². The zero-order valence-corrected chi connectivity index (χ0v) is 12.3. The summed E-state index contributed by atoms with van der Waals surface area (Å²) in [5, 5.41) is 3.52. The SMILES string of the molecule is CNC1(c2cccc(OC)c2)CCC2(CC1)OCCO2. The van der Waals surface area contributed by atoms with Crippen molar-refractivity contribution in [3.05, 3.63) is 29.8 Å². The summed E-state index contributed by atoms with van der Waals surface area (Å²) in [5.41, 5.74) is 1.28. The van der Waals surface area contributed by atoms with Gasteiger partial charge in [-0.15, -0.1) is 0 Å². The summed E-state index contributed by atoms with van der Waals surface area (Å²) >= 11 is 0.